The molecule has 15 heavy (non-hydrogen) atoms. The van der Waals surface area contributed by atoms with E-state index in [2.05, 4.69) is 51.2 Å². The molecule has 0 heterocycles. The molecule has 0 amide bonds. The highest BCUT2D eigenvalue weighted by Gasteiger charge is 2.29. The Morgan fingerprint density at radius 3 is 2.73 bits per heavy atom. The number of aryl methyl sites for hydroxylation is 1. The summed E-state index contributed by atoms with van der Waals surface area (Å²) in [5.41, 5.74) is 4.43. The third-order valence-electron chi connectivity index (χ3n) is 3.26. The maximum Gasteiger partial charge on any atom is 0.0354 e. The summed E-state index contributed by atoms with van der Waals surface area (Å²) in [6, 6.07) is 7.98. The van der Waals surface area contributed by atoms with Gasteiger partial charge in [0.2, 0.25) is 0 Å². The number of hydrogen-bond acceptors (Lipinski definition) is 1. The normalized spacial score (nSPS) is 24.6. The molecular weight excluding hydrogens is 182 g/mol. The molecule has 2 unspecified atom stereocenters. The molecule has 0 aliphatic heterocycles. The Labute approximate surface area is 92.9 Å². The van der Waals surface area contributed by atoms with Crippen molar-refractivity contribution in [3.63, 3.8) is 0 Å². The van der Waals surface area contributed by atoms with Crippen LogP contribution in [-0.2, 0) is 6.42 Å². The monoisotopic (exact) mass is 203 g/mol. The maximum absolute atomic E-state index is 3.67. The molecule has 2 rings (SSSR count). The van der Waals surface area contributed by atoms with E-state index in [0.29, 0.717) is 12.1 Å². The topological polar surface area (TPSA) is 12.0 Å². The Hall–Kier alpha value is -0.820. The Morgan fingerprint density at radius 2 is 2.07 bits per heavy atom. The highest BCUT2D eigenvalue weighted by Crippen LogP contribution is 2.36. The highest BCUT2D eigenvalue weighted by molar-refractivity contribution is 5.38. The molecule has 1 N–H and O–H groups in total. The number of fused-ring (bicyclic) bond motifs is 1. The van der Waals surface area contributed by atoms with E-state index in [1.54, 1.807) is 0 Å². The smallest absolute Gasteiger partial charge is 0.0354 e. The van der Waals surface area contributed by atoms with Gasteiger partial charge in [-0.05, 0) is 30.4 Å². The molecule has 0 saturated heterocycles. The first-order valence-corrected chi connectivity index (χ1v) is 5.93. The first-order chi connectivity index (χ1) is 7.08. The number of benzene rings is 1. The molecule has 1 nitrogen and oxygen atoms in total. The zero-order valence-corrected chi connectivity index (χ0v) is 10.2. The van der Waals surface area contributed by atoms with Gasteiger partial charge < -0.3 is 5.32 Å². The number of rotatable bonds is 2. The van der Waals surface area contributed by atoms with Gasteiger partial charge in [0.1, 0.15) is 0 Å². The Bertz CT molecular complexity index is 354. The Morgan fingerprint density at radius 1 is 1.33 bits per heavy atom. The predicted molar refractivity (Wildman–Crippen MR) is 65.1 cm³/mol. The average molecular weight is 203 g/mol. The fourth-order valence-electron chi connectivity index (χ4n) is 2.57. The molecule has 82 valence electrons. The lowest BCUT2D eigenvalue weighted by atomic mass is 10.0. The number of nitrogens with one attached hydrogen (secondary N) is 1. The first kappa shape index (κ1) is 10.7. The van der Waals surface area contributed by atoms with Crippen molar-refractivity contribution in [2.24, 2.45) is 5.92 Å². The second-order valence-corrected chi connectivity index (χ2v) is 5.18. The van der Waals surface area contributed by atoms with E-state index in [4.69, 9.17) is 0 Å². The van der Waals surface area contributed by atoms with Crippen molar-refractivity contribution in [2.75, 3.05) is 0 Å². The molecule has 1 aliphatic carbocycles. The second-order valence-electron chi connectivity index (χ2n) is 5.18. The SMILES string of the molecule is Cc1ccc2c(c1)C(NC(C)C)C(C)C2. The van der Waals surface area contributed by atoms with Crippen LogP contribution in [0.4, 0.5) is 0 Å². The van der Waals surface area contributed by atoms with Crippen molar-refractivity contribution in [3.8, 4) is 0 Å². The fourth-order valence-corrected chi connectivity index (χ4v) is 2.57. The van der Waals surface area contributed by atoms with E-state index in [1.807, 2.05) is 0 Å². The van der Waals surface area contributed by atoms with Crippen LogP contribution in [0.5, 0.6) is 0 Å². The van der Waals surface area contributed by atoms with Crippen molar-refractivity contribution in [1.82, 2.24) is 5.32 Å². The molecule has 0 fully saturated rings. The minimum Gasteiger partial charge on any atom is -0.307 e. The van der Waals surface area contributed by atoms with Crippen LogP contribution < -0.4 is 5.32 Å². The van der Waals surface area contributed by atoms with E-state index in [1.165, 1.54) is 23.1 Å². The summed E-state index contributed by atoms with van der Waals surface area (Å²) in [6.07, 6.45) is 1.22. The molecule has 0 spiro atoms. The average Bonchev–Trinajstić information content (AvgIpc) is 2.43. The lowest BCUT2D eigenvalue weighted by molar-refractivity contribution is 0.386. The van der Waals surface area contributed by atoms with Crippen molar-refractivity contribution in [1.29, 1.82) is 0 Å². The molecule has 0 radical (unpaired) electrons. The molecular formula is C14H21N. The van der Waals surface area contributed by atoms with E-state index in [9.17, 15) is 0 Å². The van der Waals surface area contributed by atoms with Crippen molar-refractivity contribution >= 4 is 0 Å². The molecule has 1 aromatic rings. The van der Waals surface area contributed by atoms with E-state index in [-0.39, 0.29) is 0 Å². The van der Waals surface area contributed by atoms with Crippen LogP contribution in [0.2, 0.25) is 0 Å². The van der Waals surface area contributed by atoms with Gasteiger partial charge in [-0.3, -0.25) is 0 Å². The van der Waals surface area contributed by atoms with Gasteiger partial charge >= 0.3 is 0 Å². The van der Waals surface area contributed by atoms with Crippen molar-refractivity contribution in [2.45, 2.75) is 46.2 Å². The maximum atomic E-state index is 3.67. The molecule has 1 aromatic carbocycles. The van der Waals surface area contributed by atoms with Gasteiger partial charge in [-0.25, -0.2) is 0 Å². The summed E-state index contributed by atoms with van der Waals surface area (Å²) in [4.78, 5) is 0. The summed E-state index contributed by atoms with van der Waals surface area (Å²) in [7, 11) is 0. The summed E-state index contributed by atoms with van der Waals surface area (Å²) in [5.74, 6) is 0.726. The Kier molecular flexibility index (Phi) is 2.83. The van der Waals surface area contributed by atoms with Gasteiger partial charge in [0.25, 0.3) is 0 Å². The van der Waals surface area contributed by atoms with E-state index in [0.717, 1.165) is 5.92 Å². The van der Waals surface area contributed by atoms with Gasteiger partial charge in [-0.1, -0.05) is 44.5 Å². The lowest BCUT2D eigenvalue weighted by Crippen LogP contribution is -2.30. The molecule has 0 bridgehead atoms. The summed E-state index contributed by atoms with van der Waals surface area (Å²) in [5, 5.41) is 3.67. The Balaban J connectivity index is 2.31. The van der Waals surface area contributed by atoms with Crippen molar-refractivity contribution in [3.05, 3.63) is 34.9 Å². The van der Waals surface area contributed by atoms with Gasteiger partial charge in [-0.2, -0.15) is 0 Å². The molecule has 0 aromatic heterocycles. The van der Waals surface area contributed by atoms with Crippen molar-refractivity contribution < 1.29 is 0 Å². The zero-order chi connectivity index (χ0) is 11.0. The van der Waals surface area contributed by atoms with Crippen LogP contribution in [0, 0.1) is 12.8 Å². The lowest BCUT2D eigenvalue weighted by Gasteiger charge is -2.21. The van der Waals surface area contributed by atoms with Crippen LogP contribution in [-0.4, -0.2) is 6.04 Å². The van der Waals surface area contributed by atoms with Crippen LogP contribution in [0.25, 0.3) is 0 Å². The summed E-state index contributed by atoms with van der Waals surface area (Å²) in [6.45, 7) is 8.96. The third-order valence-corrected chi connectivity index (χ3v) is 3.26. The highest BCUT2D eigenvalue weighted by atomic mass is 14.9. The second kappa shape index (κ2) is 3.97. The summed E-state index contributed by atoms with van der Waals surface area (Å²) >= 11 is 0. The quantitative estimate of drug-likeness (QED) is 0.778. The van der Waals surface area contributed by atoms with Crippen LogP contribution in [0.3, 0.4) is 0 Å². The third kappa shape index (κ3) is 2.07. The first-order valence-electron chi connectivity index (χ1n) is 5.93. The fraction of sp³-hybridized carbons (Fsp3) is 0.571. The van der Waals surface area contributed by atoms with Gasteiger partial charge in [0.15, 0.2) is 0 Å². The molecule has 0 saturated carbocycles. The molecule has 1 heteroatoms. The van der Waals surface area contributed by atoms with Gasteiger partial charge in [-0.15, -0.1) is 0 Å². The zero-order valence-electron chi connectivity index (χ0n) is 10.2. The van der Waals surface area contributed by atoms with E-state index >= 15 is 0 Å². The minimum atomic E-state index is 0.555. The largest absolute Gasteiger partial charge is 0.307 e. The minimum absolute atomic E-state index is 0.555. The predicted octanol–water partition coefficient (Wildman–Crippen LogP) is 3.23. The number of hydrogen-bond donors (Lipinski definition) is 1. The van der Waals surface area contributed by atoms with Gasteiger partial charge in [0, 0.05) is 12.1 Å². The van der Waals surface area contributed by atoms with Crippen LogP contribution in [0.15, 0.2) is 18.2 Å². The standard InChI is InChI=1S/C14H21N/c1-9(2)15-14-11(4)8-12-6-5-10(3)7-13(12)14/h5-7,9,11,14-15H,8H2,1-4H3. The van der Waals surface area contributed by atoms with Gasteiger partial charge in [0.05, 0.1) is 0 Å². The van der Waals surface area contributed by atoms with E-state index < -0.39 is 0 Å². The van der Waals surface area contributed by atoms with Crippen LogP contribution in [0.1, 0.15) is 43.5 Å². The molecule has 2 atom stereocenters. The summed E-state index contributed by atoms with van der Waals surface area (Å²) < 4.78 is 0. The van der Waals surface area contributed by atoms with Crippen LogP contribution >= 0.6 is 0 Å². The molecule has 1 aliphatic rings.